The molecule has 0 saturated carbocycles. The van der Waals surface area contributed by atoms with Crippen LogP contribution in [0.25, 0.3) is 0 Å². The summed E-state index contributed by atoms with van der Waals surface area (Å²) in [5.74, 6) is 4.45. The van der Waals surface area contributed by atoms with Gasteiger partial charge in [0.25, 0.3) is 5.91 Å². The quantitative estimate of drug-likeness (QED) is 0.559. The summed E-state index contributed by atoms with van der Waals surface area (Å²) >= 11 is 0. The first kappa shape index (κ1) is 9.99. The van der Waals surface area contributed by atoms with Crippen molar-refractivity contribution in [1.82, 2.24) is 5.32 Å². The smallest absolute Gasteiger partial charge is 0.295 e. The molecule has 0 bridgehead atoms. The zero-order valence-electron chi connectivity index (χ0n) is 6.85. The Kier molecular flexibility index (Phi) is 5.22. The molecular formula is C8H13NO2. The van der Waals surface area contributed by atoms with Crippen molar-refractivity contribution in [3.63, 3.8) is 0 Å². The highest BCUT2D eigenvalue weighted by Gasteiger charge is 2.00. The number of carbonyl (C=O) groups excluding carboxylic acids is 1. The third-order valence-corrected chi connectivity index (χ3v) is 1.21. The van der Waals surface area contributed by atoms with E-state index in [-0.39, 0.29) is 12.5 Å². The average molecular weight is 155 g/mol. The number of aliphatic hydroxyl groups excluding tert-OH is 1. The Morgan fingerprint density at radius 2 is 2.36 bits per heavy atom. The number of hydrogen-bond donors (Lipinski definition) is 2. The molecule has 0 spiro atoms. The summed E-state index contributed by atoms with van der Waals surface area (Å²) < 4.78 is 0. The van der Waals surface area contributed by atoms with Gasteiger partial charge in [-0.25, -0.2) is 0 Å². The standard InChI is InChI=1S/C8H13NO2/c1-3-5-8(11)9-6-7(10)4-2/h7,10H,4,6H2,1-2H3,(H,9,11). The lowest BCUT2D eigenvalue weighted by atomic mass is 10.3. The van der Waals surface area contributed by atoms with E-state index in [9.17, 15) is 4.79 Å². The summed E-state index contributed by atoms with van der Waals surface area (Å²) in [5, 5.41) is 11.5. The van der Waals surface area contributed by atoms with Gasteiger partial charge in [0.1, 0.15) is 0 Å². The highest BCUT2D eigenvalue weighted by atomic mass is 16.3. The fourth-order valence-electron chi connectivity index (χ4n) is 0.513. The molecule has 62 valence electrons. The SMILES string of the molecule is CC#CC(=O)NCC(O)CC. The lowest BCUT2D eigenvalue weighted by Crippen LogP contribution is -2.30. The topological polar surface area (TPSA) is 49.3 Å². The van der Waals surface area contributed by atoms with E-state index in [1.54, 1.807) is 6.92 Å². The van der Waals surface area contributed by atoms with Crippen molar-refractivity contribution in [2.75, 3.05) is 6.54 Å². The maximum Gasteiger partial charge on any atom is 0.295 e. The minimum absolute atomic E-state index is 0.282. The molecule has 0 aromatic rings. The second-order valence-electron chi connectivity index (χ2n) is 2.15. The molecule has 0 heterocycles. The Balaban J connectivity index is 3.51. The van der Waals surface area contributed by atoms with Crippen molar-refractivity contribution in [2.24, 2.45) is 0 Å². The number of aliphatic hydroxyl groups is 1. The van der Waals surface area contributed by atoms with Crippen LogP contribution in [0.3, 0.4) is 0 Å². The fourth-order valence-corrected chi connectivity index (χ4v) is 0.513. The molecule has 1 unspecified atom stereocenters. The van der Waals surface area contributed by atoms with Gasteiger partial charge >= 0.3 is 0 Å². The molecule has 0 aliphatic carbocycles. The van der Waals surface area contributed by atoms with E-state index in [1.165, 1.54) is 0 Å². The Morgan fingerprint density at radius 3 is 2.82 bits per heavy atom. The summed E-state index contributed by atoms with van der Waals surface area (Å²) in [7, 11) is 0. The predicted octanol–water partition coefficient (Wildman–Crippen LogP) is -0.103. The monoisotopic (exact) mass is 155 g/mol. The van der Waals surface area contributed by atoms with Crippen LogP contribution in [0.15, 0.2) is 0 Å². The molecule has 0 aromatic carbocycles. The molecule has 3 heteroatoms. The van der Waals surface area contributed by atoms with Crippen LogP contribution in [0.4, 0.5) is 0 Å². The number of hydrogen-bond acceptors (Lipinski definition) is 2. The van der Waals surface area contributed by atoms with Crippen LogP contribution >= 0.6 is 0 Å². The minimum Gasteiger partial charge on any atom is -0.391 e. The van der Waals surface area contributed by atoms with E-state index in [0.717, 1.165) is 0 Å². The second kappa shape index (κ2) is 5.75. The highest BCUT2D eigenvalue weighted by molar-refractivity contribution is 5.93. The summed E-state index contributed by atoms with van der Waals surface area (Å²) in [6, 6.07) is 0. The second-order valence-corrected chi connectivity index (χ2v) is 2.15. The molecule has 1 amide bonds. The molecular weight excluding hydrogens is 142 g/mol. The van der Waals surface area contributed by atoms with Crippen molar-refractivity contribution in [3.8, 4) is 11.8 Å². The van der Waals surface area contributed by atoms with Gasteiger partial charge in [-0.2, -0.15) is 0 Å². The molecule has 3 nitrogen and oxygen atoms in total. The number of amides is 1. The molecule has 0 aliphatic heterocycles. The minimum atomic E-state index is -0.461. The van der Waals surface area contributed by atoms with Gasteiger partial charge in [-0.05, 0) is 19.3 Å². The van der Waals surface area contributed by atoms with Crippen LogP contribution < -0.4 is 5.32 Å². The van der Waals surface area contributed by atoms with E-state index >= 15 is 0 Å². The first-order chi connectivity index (χ1) is 5.20. The van der Waals surface area contributed by atoms with Crippen molar-refractivity contribution in [2.45, 2.75) is 26.4 Å². The molecule has 2 N–H and O–H groups in total. The van der Waals surface area contributed by atoms with Crippen molar-refractivity contribution >= 4 is 5.91 Å². The van der Waals surface area contributed by atoms with Crippen LogP contribution in [0.1, 0.15) is 20.3 Å². The lowest BCUT2D eigenvalue weighted by molar-refractivity contribution is -0.116. The molecule has 0 saturated heterocycles. The summed E-state index contributed by atoms with van der Waals surface area (Å²) in [6.07, 6.45) is 0.178. The third-order valence-electron chi connectivity index (χ3n) is 1.21. The van der Waals surface area contributed by atoms with Gasteiger partial charge in [-0.1, -0.05) is 12.8 Å². The lowest BCUT2D eigenvalue weighted by Gasteiger charge is -2.05. The zero-order chi connectivity index (χ0) is 8.69. The number of rotatable bonds is 3. The van der Waals surface area contributed by atoms with Crippen molar-refractivity contribution in [3.05, 3.63) is 0 Å². The molecule has 0 radical (unpaired) electrons. The molecule has 0 fully saturated rings. The Hall–Kier alpha value is -1.01. The summed E-state index contributed by atoms with van der Waals surface area (Å²) in [4.78, 5) is 10.7. The van der Waals surface area contributed by atoms with Gasteiger partial charge in [0, 0.05) is 6.54 Å². The fraction of sp³-hybridized carbons (Fsp3) is 0.625. The molecule has 11 heavy (non-hydrogen) atoms. The van der Waals surface area contributed by atoms with E-state index in [1.807, 2.05) is 6.92 Å². The maximum atomic E-state index is 10.7. The van der Waals surface area contributed by atoms with Crippen LogP contribution in [0, 0.1) is 11.8 Å². The van der Waals surface area contributed by atoms with Crippen LogP contribution in [-0.4, -0.2) is 23.7 Å². The van der Waals surface area contributed by atoms with Crippen molar-refractivity contribution in [1.29, 1.82) is 0 Å². The average Bonchev–Trinajstić information content (AvgIpc) is 2.01. The van der Waals surface area contributed by atoms with Gasteiger partial charge in [-0.15, -0.1) is 0 Å². The molecule has 0 rings (SSSR count). The largest absolute Gasteiger partial charge is 0.391 e. The van der Waals surface area contributed by atoms with Crippen LogP contribution in [0.2, 0.25) is 0 Å². The third kappa shape index (κ3) is 5.43. The Bertz CT molecular complexity index is 178. The highest BCUT2D eigenvalue weighted by Crippen LogP contribution is 1.85. The normalized spacial score (nSPS) is 11.2. The van der Waals surface area contributed by atoms with Crippen LogP contribution in [-0.2, 0) is 4.79 Å². The van der Waals surface area contributed by atoms with E-state index in [2.05, 4.69) is 17.2 Å². The van der Waals surface area contributed by atoms with Gasteiger partial charge in [0.05, 0.1) is 6.10 Å². The summed E-state index contributed by atoms with van der Waals surface area (Å²) in [6.45, 7) is 3.72. The summed E-state index contributed by atoms with van der Waals surface area (Å²) in [5.41, 5.74) is 0. The predicted molar refractivity (Wildman–Crippen MR) is 42.8 cm³/mol. The van der Waals surface area contributed by atoms with Gasteiger partial charge in [0.15, 0.2) is 0 Å². The Labute approximate surface area is 66.8 Å². The Morgan fingerprint density at radius 1 is 1.73 bits per heavy atom. The first-order valence-corrected chi connectivity index (χ1v) is 3.59. The van der Waals surface area contributed by atoms with E-state index in [0.29, 0.717) is 6.42 Å². The number of nitrogens with one attached hydrogen (secondary N) is 1. The molecule has 0 aromatic heterocycles. The molecule has 1 atom stereocenters. The van der Waals surface area contributed by atoms with Gasteiger partial charge < -0.3 is 10.4 Å². The zero-order valence-corrected chi connectivity index (χ0v) is 6.85. The first-order valence-electron chi connectivity index (χ1n) is 3.59. The van der Waals surface area contributed by atoms with Crippen molar-refractivity contribution < 1.29 is 9.90 Å². The van der Waals surface area contributed by atoms with Gasteiger partial charge in [0.2, 0.25) is 0 Å². The van der Waals surface area contributed by atoms with E-state index < -0.39 is 6.10 Å². The van der Waals surface area contributed by atoms with Gasteiger partial charge in [-0.3, -0.25) is 4.79 Å². The number of carbonyl (C=O) groups is 1. The molecule has 0 aliphatic rings. The van der Waals surface area contributed by atoms with E-state index in [4.69, 9.17) is 5.11 Å². The maximum absolute atomic E-state index is 10.7. The van der Waals surface area contributed by atoms with Crippen LogP contribution in [0.5, 0.6) is 0 Å².